The molecule has 2 aromatic rings. The highest BCUT2D eigenvalue weighted by Gasteiger charge is 2.01. The van der Waals surface area contributed by atoms with Gasteiger partial charge in [0.2, 0.25) is 5.24 Å². The van der Waals surface area contributed by atoms with Gasteiger partial charge in [0.05, 0.1) is 0 Å². The second-order valence-electron chi connectivity index (χ2n) is 4.45. The van der Waals surface area contributed by atoms with Crippen molar-refractivity contribution in [2.45, 2.75) is 13.5 Å². The van der Waals surface area contributed by atoms with Crippen molar-refractivity contribution >= 4 is 22.9 Å². The molecule has 0 fully saturated rings. The first-order valence-corrected chi connectivity index (χ1v) is 6.68. The molecule has 2 aromatic carbocycles. The number of para-hydroxylation sites is 1. The molecule has 2 rings (SSSR count). The topological polar surface area (TPSA) is 26.3 Å². The maximum absolute atomic E-state index is 10.8. The third-order valence-electron chi connectivity index (χ3n) is 2.83. The van der Waals surface area contributed by atoms with E-state index in [0.29, 0.717) is 6.61 Å². The van der Waals surface area contributed by atoms with Crippen LogP contribution >= 0.6 is 11.6 Å². The number of hydrogen-bond acceptors (Lipinski definition) is 2. The van der Waals surface area contributed by atoms with Gasteiger partial charge in [-0.15, -0.1) is 0 Å². The van der Waals surface area contributed by atoms with Gasteiger partial charge in [-0.3, -0.25) is 4.79 Å². The molecule has 0 amide bonds. The van der Waals surface area contributed by atoms with Crippen molar-refractivity contribution in [1.82, 2.24) is 0 Å². The normalized spacial score (nSPS) is 10.7. The van der Waals surface area contributed by atoms with E-state index >= 15 is 0 Å². The van der Waals surface area contributed by atoms with Crippen molar-refractivity contribution in [1.29, 1.82) is 0 Å². The van der Waals surface area contributed by atoms with Crippen LogP contribution in [0.2, 0.25) is 0 Å². The van der Waals surface area contributed by atoms with Crippen LogP contribution in [0.1, 0.15) is 16.7 Å². The molecule has 102 valence electrons. The summed E-state index contributed by atoms with van der Waals surface area (Å²) in [5, 5.41) is -0.502. The van der Waals surface area contributed by atoms with Crippen LogP contribution in [0.3, 0.4) is 0 Å². The minimum absolute atomic E-state index is 0.486. The van der Waals surface area contributed by atoms with Gasteiger partial charge in [-0.25, -0.2) is 0 Å². The molecule has 0 saturated heterocycles. The van der Waals surface area contributed by atoms with E-state index in [9.17, 15) is 4.79 Å². The van der Waals surface area contributed by atoms with E-state index in [0.717, 1.165) is 16.9 Å². The van der Waals surface area contributed by atoms with Gasteiger partial charge in [0, 0.05) is 5.56 Å². The fourth-order valence-electron chi connectivity index (χ4n) is 1.75. The van der Waals surface area contributed by atoms with Crippen molar-refractivity contribution in [3.63, 3.8) is 0 Å². The van der Waals surface area contributed by atoms with E-state index in [1.807, 2.05) is 43.3 Å². The molecule has 0 saturated carbocycles. The Kier molecular flexibility index (Phi) is 4.97. The minimum atomic E-state index is -0.502. The molecule has 0 aliphatic rings. The van der Waals surface area contributed by atoms with Crippen molar-refractivity contribution in [3.8, 4) is 5.75 Å². The molecule has 0 radical (unpaired) electrons. The molecule has 20 heavy (non-hydrogen) atoms. The molecule has 0 N–H and O–H groups in total. The Labute approximate surface area is 123 Å². The van der Waals surface area contributed by atoms with E-state index in [2.05, 4.69) is 12.1 Å². The second kappa shape index (κ2) is 6.92. The van der Waals surface area contributed by atoms with Crippen LogP contribution in [-0.2, 0) is 11.4 Å². The maximum atomic E-state index is 10.8. The van der Waals surface area contributed by atoms with Crippen molar-refractivity contribution in [3.05, 3.63) is 71.3 Å². The fourth-order valence-corrected chi connectivity index (χ4v) is 1.81. The zero-order valence-electron chi connectivity index (χ0n) is 11.2. The number of benzene rings is 2. The standard InChI is InChI=1S/C17H15ClO2/c1-13-6-8-14(9-7-13)12-20-16-5-3-2-4-15(16)10-11-17(18)19/h2-11H,12H2,1H3. The number of carbonyl (C=O) groups is 1. The molecule has 0 atom stereocenters. The lowest BCUT2D eigenvalue weighted by Gasteiger charge is -2.09. The Morgan fingerprint density at radius 2 is 1.85 bits per heavy atom. The van der Waals surface area contributed by atoms with E-state index in [-0.39, 0.29) is 0 Å². The predicted octanol–water partition coefficient (Wildman–Crippen LogP) is 4.35. The lowest BCUT2D eigenvalue weighted by molar-refractivity contribution is -0.107. The van der Waals surface area contributed by atoms with Crippen LogP contribution in [0, 0.1) is 6.92 Å². The summed E-state index contributed by atoms with van der Waals surface area (Å²) >= 11 is 5.30. The Bertz CT molecular complexity index is 615. The third kappa shape index (κ3) is 4.25. The second-order valence-corrected chi connectivity index (χ2v) is 4.82. The van der Waals surface area contributed by atoms with Crippen molar-refractivity contribution < 1.29 is 9.53 Å². The first kappa shape index (κ1) is 14.4. The quantitative estimate of drug-likeness (QED) is 0.603. The number of carbonyl (C=O) groups excluding carboxylic acids is 1. The monoisotopic (exact) mass is 286 g/mol. The molecule has 3 heteroatoms. The molecule has 0 unspecified atom stereocenters. The number of allylic oxidation sites excluding steroid dienone is 1. The molecule has 2 nitrogen and oxygen atoms in total. The average molecular weight is 287 g/mol. The number of halogens is 1. The lowest BCUT2D eigenvalue weighted by Crippen LogP contribution is -1.97. The van der Waals surface area contributed by atoms with Gasteiger partial charge in [-0.1, -0.05) is 48.0 Å². The molecule has 0 bridgehead atoms. The molecule has 0 heterocycles. The highest BCUT2D eigenvalue weighted by molar-refractivity contribution is 6.66. The summed E-state index contributed by atoms with van der Waals surface area (Å²) in [6, 6.07) is 15.7. The summed E-state index contributed by atoms with van der Waals surface area (Å²) in [5.74, 6) is 0.724. The molecule has 0 spiro atoms. The zero-order chi connectivity index (χ0) is 14.4. The van der Waals surface area contributed by atoms with Gasteiger partial charge >= 0.3 is 0 Å². The van der Waals surface area contributed by atoms with Crippen LogP contribution < -0.4 is 4.74 Å². The van der Waals surface area contributed by atoms with Gasteiger partial charge in [0.1, 0.15) is 12.4 Å². The summed E-state index contributed by atoms with van der Waals surface area (Å²) in [5.41, 5.74) is 3.15. The highest BCUT2D eigenvalue weighted by Crippen LogP contribution is 2.21. The van der Waals surface area contributed by atoms with Crippen molar-refractivity contribution in [2.75, 3.05) is 0 Å². The van der Waals surface area contributed by atoms with E-state index in [4.69, 9.17) is 16.3 Å². The predicted molar refractivity (Wildman–Crippen MR) is 81.8 cm³/mol. The number of hydrogen-bond donors (Lipinski definition) is 0. The molecular formula is C17H15ClO2. The van der Waals surface area contributed by atoms with Gasteiger partial charge in [-0.2, -0.15) is 0 Å². The Morgan fingerprint density at radius 1 is 1.15 bits per heavy atom. The third-order valence-corrected chi connectivity index (χ3v) is 2.95. The average Bonchev–Trinajstić information content (AvgIpc) is 2.45. The van der Waals surface area contributed by atoms with Crippen LogP contribution in [0.25, 0.3) is 6.08 Å². The highest BCUT2D eigenvalue weighted by atomic mass is 35.5. The molecule has 0 aromatic heterocycles. The summed E-state index contributed by atoms with van der Waals surface area (Å²) in [6.07, 6.45) is 2.97. The number of rotatable bonds is 5. The first-order chi connectivity index (χ1) is 9.65. The van der Waals surface area contributed by atoms with E-state index in [1.54, 1.807) is 6.08 Å². The van der Waals surface area contributed by atoms with Crippen LogP contribution in [0.4, 0.5) is 0 Å². The maximum Gasteiger partial charge on any atom is 0.245 e. The van der Waals surface area contributed by atoms with Crippen LogP contribution in [0.5, 0.6) is 5.75 Å². The zero-order valence-corrected chi connectivity index (χ0v) is 11.9. The number of ether oxygens (including phenoxy) is 1. The fraction of sp³-hybridized carbons (Fsp3) is 0.118. The molecular weight excluding hydrogens is 272 g/mol. The first-order valence-electron chi connectivity index (χ1n) is 6.30. The van der Waals surface area contributed by atoms with Crippen LogP contribution in [-0.4, -0.2) is 5.24 Å². The van der Waals surface area contributed by atoms with Crippen LogP contribution in [0.15, 0.2) is 54.6 Å². The van der Waals surface area contributed by atoms with Crippen molar-refractivity contribution in [2.24, 2.45) is 0 Å². The largest absolute Gasteiger partial charge is 0.488 e. The molecule has 0 aliphatic heterocycles. The summed E-state index contributed by atoms with van der Waals surface area (Å²) < 4.78 is 5.79. The van der Waals surface area contributed by atoms with Gasteiger partial charge in [-0.05, 0) is 42.3 Å². The van der Waals surface area contributed by atoms with Gasteiger partial charge in [0.25, 0.3) is 0 Å². The smallest absolute Gasteiger partial charge is 0.245 e. The lowest BCUT2D eigenvalue weighted by atomic mass is 10.1. The van der Waals surface area contributed by atoms with Gasteiger partial charge < -0.3 is 4.74 Å². The Balaban J connectivity index is 2.09. The van der Waals surface area contributed by atoms with E-state index < -0.39 is 5.24 Å². The Morgan fingerprint density at radius 3 is 2.55 bits per heavy atom. The summed E-state index contributed by atoms with van der Waals surface area (Å²) in [7, 11) is 0. The van der Waals surface area contributed by atoms with Gasteiger partial charge in [0.15, 0.2) is 0 Å². The summed E-state index contributed by atoms with van der Waals surface area (Å²) in [6.45, 7) is 2.54. The van der Waals surface area contributed by atoms with E-state index in [1.165, 1.54) is 11.6 Å². The Hall–Kier alpha value is -2.06. The minimum Gasteiger partial charge on any atom is -0.488 e. The SMILES string of the molecule is Cc1ccc(COc2ccccc2C=CC(=O)Cl)cc1. The molecule has 0 aliphatic carbocycles. The summed E-state index contributed by atoms with van der Waals surface area (Å²) in [4.78, 5) is 10.8. The number of aryl methyl sites for hydroxylation is 1.